The average Bonchev–Trinajstić information content (AvgIpc) is 3.70. The summed E-state index contributed by atoms with van der Waals surface area (Å²) >= 11 is 0. The van der Waals surface area contributed by atoms with Crippen molar-refractivity contribution in [3.8, 4) is 17.2 Å². The molecule has 1 aromatic rings. The second-order valence-corrected chi connectivity index (χ2v) is 23.1. The van der Waals surface area contributed by atoms with Gasteiger partial charge in [-0.1, -0.05) is 199 Å². The van der Waals surface area contributed by atoms with Gasteiger partial charge in [-0.15, -0.1) is 0 Å². The molecular weight excluding hydrogens is 807 g/mol. The lowest BCUT2D eigenvalue weighted by Gasteiger charge is -2.31. The van der Waals surface area contributed by atoms with Crippen LogP contribution in [0.15, 0.2) is 12.1 Å². The SMILES string of the molecule is CCCC(C)CCCCC(CCC(C)CCC)Oc1cc(OC(CCCCC(C)CCC)CCC(C)CCC)c(C2CCCN2C)c(OC(CCCCC(C)CCC)CCC(C)CCC)c1. The Morgan fingerprint density at radius 1 is 0.409 bits per heavy atom. The van der Waals surface area contributed by atoms with Crippen LogP contribution >= 0.6 is 0 Å². The molecule has 2 rings (SSSR count). The number of hydrogen-bond acceptors (Lipinski definition) is 4. The first-order valence-corrected chi connectivity index (χ1v) is 29.7. The van der Waals surface area contributed by atoms with Crippen molar-refractivity contribution in [1.82, 2.24) is 4.90 Å². The summed E-state index contributed by atoms with van der Waals surface area (Å²) in [7, 11) is 2.34. The molecule has 0 radical (unpaired) electrons. The summed E-state index contributed by atoms with van der Waals surface area (Å²) in [5.74, 6) is 7.72. The van der Waals surface area contributed by atoms with Crippen LogP contribution in [0, 0.1) is 35.5 Å². The fraction of sp³-hybridized carbons (Fsp3) is 0.903. The van der Waals surface area contributed by atoms with Crippen LogP contribution in [-0.2, 0) is 0 Å². The van der Waals surface area contributed by atoms with Gasteiger partial charge in [-0.3, -0.25) is 4.90 Å². The van der Waals surface area contributed by atoms with Crippen LogP contribution in [0.5, 0.6) is 17.2 Å². The number of rotatable bonds is 43. The fourth-order valence-electron chi connectivity index (χ4n) is 11.6. The number of hydrogen-bond donors (Lipinski definition) is 0. The Labute approximate surface area is 414 Å². The first-order chi connectivity index (χ1) is 31.9. The molecule has 4 heteroatoms. The second kappa shape index (κ2) is 37.4. The van der Waals surface area contributed by atoms with Gasteiger partial charge in [-0.25, -0.2) is 0 Å². The maximum atomic E-state index is 7.60. The molecular formula is C62H117NO3. The van der Waals surface area contributed by atoms with Crippen molar-refractivity contribution in [1.29, 1.82) is 0 Å². The Morgan fingerprint density at radius 2 is 0.712 bits per heavy atom. The summed E-state index contributed by atoms with van der Waals surface area (Å²) < 4.78 is 22.6. The zero-order valence-corrected chi connectivity index (χ0v) is 46.9. The van der Waals surface area contributed by atoms with Gasteiger partial charge in [0.25, 0.3) is 0 Å². The minimum Gasteiger partial charge on any atom is -0.490 e. The van der Waals surface area contributed by atoms with Gasteiger partial charge in [0.15, 0.2) is 0 Å². The Morgan fingerprint density at radius 3 is 1.02 bits per heavy atom. The zero-order chi connectivity index (χ0) is 48.5. The van der Waals surface area contributed by atoms with Crippen molar-refractivity contribution in [3.63, 3.8) is 0 Å². The third kappa shape index (κ3) is 26.5. The molecule has 10 unspecified atom stereocenters. The molecule has 0 aromatic heterocycles. The minimum atomic E-state index is 0.200. The molecule has 0 N–H and O–H groups in total. The molecule has 0 aliphatic carbocycles. The number of ether oxygens (including phenoxy) is 3. The van der Waals surface area contributed by atoms with Gasteiger partial charge in [0.05, 0.1) is 23.9 Å². The molecule has 1 aromatic carbocycles. The molecule has 1 heterocycles. The van der Waals surface area contributed by atoms with Crippen LogP contribution < -0.4 is 14.2 Å². The van der Waals surface area contributed by atoms with Gasteiger partial charge in [0, 0.05) is 18.2 Å². The van der Waals surface area contributed by atoms with Crippen LogP contribution in [0.4, 0.5) is 0 Å². The smallest absolute Gasteiger partial charge is 0.131 e. The highest BCUT2D eigenvalue weighted by molar-refractivity contribution is 5.53. The Hall–Kier alpha value is -1.42. The molecule has 0 saturated carbocycles. The van der Waals surface area contributed by atoms with Gasteiger partial charge in [0.1, 0.15) is 17.2 Å². The van der Waals surface area contributed by atoms with E-state index in [1.165, 1.54) is 166 Å². The van der Waals surface area contributed by atoms with E-state index in [2.05, 4.69) is 107 Å². The van der Waals surface area contributed by atoms with E-state index in [0.717, 1.165) is 104 Å². The van der Waals surface area contributed by atoms with E-state index in [0.29, 0.717) is 6.04 Å². The first kappa shape index (κ1) is 60.7. The maximum absolute atomic E-state index is 7.60. The predicted molar refractivity (Wildman–Crippen MR) is 292 cm³/mol. The second-order valence-electron chi connectivity index (χ2n) is 23.1. The van der Waals surface area contributed by atoms with E-state index in [4.69, 9.17) is 14.2 Å². The van der Waals surface area contributed by atoms with Crippen molar-refractivity contribution < 1.29 is 14.2 Å². The molecule has 1 aliphatic rings. The quantitative estimate of drug-likeness (QED) is 0.0611. The van der Waals surface area contributed by atoms with E-state index >= 15 is 0 Å². The fourth-order valence-corrected chi connectivity index (χ4v) is 11.6. The van der Waals surface area contributed by atoms with Crippen molar-refractivity contribution in [2.75, 3.05) is 13.6 Å². The standard InChI is InChI=1S/C62H117NO3/c1-14-27-49(7)33-20-23-36-55(43-40-52(10)30-17-4)64-58-47-60(65-56(44-41-53(11)31-18-5)37-24-21-34-50(8)28-15-2)62(59-39-26-46-63(59)13)61(48-58)66-57(45-42-54(12)32-19-6)38-25-22-35-51(9)29-16-3/h47-57,59H,14-46H2,1-13H3. The number of benzene rings is 1. The highest BCUT2D eigenvalue weighted by Gasteiger charge is 2.32. The molecule has 1 fully saturated rings. The third-order valence-electron chi connectivity index (χ3n) is 15.9. The molecule has 0 spiro atoms. The molecule has 1 aliphatic heterocycles. The van der Waals surface area contributed by atoms with Gasteiger partial charge >= 0.3 is 0 Å². The topological polar surface area (TPSA) is 30.9 Å². The van der Waals surface area contributed by atoms with Crippen LogP contribution in [0.1, 0.15) is 300 Å². The van der Waals surface area contributed by atoms with E-state index in [9.17, 15) is 0 Å². The summed E-state index contributed by atoms with van der Waals surface area (Å²) in [4.78, 5) is 2.59. The minimum absolute atomic E-state index is 0.200. The third-order valence-corrected chi connectivity index (χ3v) is 15.9. The van der Waals surface area contributed by atoms with Crippen molar-refractivity contribution in [2.24, 2.45) is 35.5 Å². The van der Waals surface area contributed by atoms with E-state index in [-0.39, 0.29) is 18.3 Å². The van der Waals surface area contributed by atoms with Crippen LogP contribution in [0.25, 0.3) is 0 Å². The summed E-state index contributed by atoms with van der Waals surface area (Å²) in [6, 6.07) is 5.02. The van der Waals surface area contributed by atoms with Crippen molar-refractivity contribution >= 4 is 0 Å². The lowest BCUT2D eigenvalue weighted by molar-refractivity contribution is 0.140. The normalized spacial score (nSPS) is 18.7. The Kier molecular flexibility index (Phi) is 34.4. The average molecular weight is 925 g/mol. The molecule has 10 atom stereocenters. The van der Waals surface area contributed by atoms with Crippen LogP contribution in [0.3, 0.4) is 0 Å². The Bertz CT molecular complexity index is 1220. The molecule has 4 nitrogen and oxygen atoms in total. The molecule has 66 heavy (non-hydrogen) atoms. The summed E-state index contributed by atoms with van der Waals surface area (Å²) in [5, 5.41) is 0. The van der Waals surface area contributed by atoms with E-state index in [1.54, 1.807) is 0 Å². The first-order valence-electron chi connectivity index (χ1n) is 29.7. The van der Waals surface area contributed by atoms with Gasteiger partial charge in [0.2, 0.25) is 0 Å². The van der Waals surface area contributed by atoms with Gasteiger partial charge in [-0.2, -0.15) is 0 Å². The number of unbranched alkanes of at least 4 members (excludes halogenated alkanes) is 3. The Balaban J connectivity index is 2.72. The lowest BCUT2D eigenvalue weighted by atomic mass is 9.94. The maximum Gasteiger partial charge on any atom is 0.131 e. The highest BCUT2D eigenvalue weighted by atomic mass is 16.5. The molecule has 388 valence electrons. The van der Waals surface area contributed by atoms with Crippen LogP contribution in [0.2, 0.25) is 0 Å². The van der Waals surface area contributed by atoms with Crippen molar-refractivity contribution in [3.05, 3.63) is 17.7 Å². The predicted octanol–water partition coefficient (Wildman–Crippen LogP) is 20.3. The van der Waals surface area contributed by atoms with E-state index in [1.807, 2.05) is 0 Å². The van der Waals surface area contributed by atoms with Crippen LogP contribution in [-0.4, -0.2) is 36.8 Å². The largest absolute Gasteiger partial charge is 0.490 e. The van der Waals surface area contributed by atoms with Gasteiger partial charge in [-0.05, 0) is 139 Å². The summed E-state index contributed by atoms with van der Waals surface area (Å²) in [6.45, 7) is 29.9. The summed E-state index contributed by atoms with van der Waals surface area (Å²) in [5.41, 5.74) is 1.31. The number of nitrogens with zero attached hydrogens (tertiary/aromatic N) is 1. The zero-order valence-electron chi connectivity index (χ0n) is 46.9. The summed E-state index contributed by atoms with van der Waals surface area (Å²) in [6.07, 6.45) is 40.6. The molecule has 0 amide bonds. The van der Waals surface area contributed by atoms with E-state index < -0.39 is 0 Å². The molecule has 0 bridgehead atoms. The van der Waals surface area contributed by atoms with Gasteiger partial charge < -0.3 is 14.2 Å². The number of likely N-dealkylation sites (tertiary alicyclic amines) is 1. The van der Waals surface area contributed by atoms with Crippen molar-refractivity contribution in [2.45, 2.75) is 313 Å². The monoisotopic (exact) mass is 924 g/mol. The highest BCUT2D eigenvalue weighted by Crippen LogP contribution is 2.46. The molecule has 1 saturated heterocycles. The lowest BCUT2D eigenvalue weighted by Crippen LogP contribution is -2.25.